The van der Waals surface area contributed by atoms with E-state index in [0.717, 1.165) is 39.0 Å². The van der Waals surface area contributed by atoms with Crippen LogP contribution in [0.4, 0.5) is 0 Å². The highest BCUT2D eigenvalue weighted by Crippen LogP contribution is 2.12. The van der Waals surface area contributed by atoms with Crippen LogP contribution in [0.3, 0.4) is 0 Å². The molecule has 6 nitrogen and oxygen atoms in total. The summed E-state index contributed by atoms with van der Waals surface area (Å²) in [6, 6.07) is 7.70. The molecule has 0 atom stereocenters. The fourth-order valence-electron chi connectivity index (χ4n) is 2.39. The second kappa shape index (κ2) is 12.8. The monoisotopic (exact) mass is 336 g/mol. The summed E-state index contributed by atoms with van der Waals surface area (Å²) in [6.45, 7) is 7.33. The van der Waals surface area contributed by atoms with Crippen LogP contribution in [0.2, 0.25) is 0 Å². The Bertz CT molecular complexity index is 451. The van der Waals surface area contributed by atoms with Crippen molar-refractivity contribution in [1.82, 2.24) is 15.5 Å². The van der Waals surface area contributed by atoms with Crippen LogP contribution >= 0.6 is 0 Å². The zero-order valence-corrected chi connectivity index (χ0v) is 15.0. The maximum Gasteiger partial charge on any atom is 0.257 e. The van der Waals surface area contributed by atoms with Gasteiger partial charge in [-0.3, -0.25) is 4.79 Å². The minimum Gasteiger partial charge on any atom is -0.484 e. The van der Waals surface area contributed by atoms with Gasteiger partial charge < -0.3 is 26.0 Å². The van der Waals surface area contributed by atoms with Crippen LogP contribution in [-0.2, 0) is 11.2 Å². The second-order valence-corrected chi connectivity index (χ2v) is 5.77. The lowest BCUT2D eigenvalue weighted by Gasteiger charge is -2.21. The van der Waals surface area contributed by atoms with Crippen molar-refractivity contribution < 1.29 is 9.53 Å². The molecule has 1 aromatic rings. The van der Waals surface area contributed by atoms with E-state index in [9.17, 15) is 4.79 Å². The van der Waals surface area contributed by atoms with E-state index in [1.807, 2.05) is 31.3 Å². The second-order valence-electron chi connectivity index (χ2n) is 5.77. The molecule has 0 spiro atoms. The molecule has 24 heavy (non-hydrogen) atoms. The van der Waals surface area contributed by atoms with E-state index < -0.39 is 0 Å². The Morgan fingerprint density at radius 3 is 2.50 bits per heavy atom. The van der Waals surface area contributed by atoms with Crippen molar-refractivity contribution in [1.29, 1.82) is 0 Å². The molecule has 0 unspecified atom stereocenters. The van der Waals surface area contributed by atoms with Gasteiger partial charge in [0.1, 0.15) is 5.75 Å². The predicted molar refractivity (Wildman–Crippen MR) is 98.4 cm³/mol. The SMILES string of the molecule is CCCN(CCNC)CCNC(=O)COc1ccc(CCN)cc1. The average molecular weight is 336 g/mol. The van der Waals surface area contributed by atoms with Crippen LogP contribution in [-0.4, -0.2) is 63.7 Å². The van der Waals surface area contributed by atoms with Crippen molar-refractivity contribution in [3.8, 4) is 5.75 Å². The molecule has 0 aliphatic carbocycles. The molecule has 0 saturated heterocycles. The maximum atomic E-state index is 11.9. The first kappa shape index (κ1) is 20.4. The molecule has 0 fully saturated rings. The molecule has 4 N–H and O–H groups in total. The number of nitrogens with two attached hydrogens (primary N) is 1. The molecule has 0 saturated carbocycles. The van der Waals surface area contributed by atoms with Gasteiger partial charge in [0.2, 0.25) is 0 Å². The molecule has 1 aromatic carbocycles. The van der Waals surface area contributed by atoms with Gasteiger partial charge in [-0.25, -0.2) is 0 Å². The van der Waals surface area contributed by atoms with Crippen LogP contribution < -0.4 is 21.1 Å². The number of amides is 1. The Labute approximate surface area is 145 Å². The van der Waals surface area contributed by atoms with Gasteiger partial charge in [0.05, 0.1) is 0 Å². The van der Waals surface area contributed by atoms with Crippen LogP contribution in [0.1, 0.15) is 18.9 Å². The minimum absolute atomic E-state index is 0.0422. The van der Waals surface area contributed by atoms with E-state index in [4.69, 9.17) is 10.5 Å². The number of hydrogen-bond donors (Lipinski definition) is 3. The average Bonchev–Trinajstić information content (AvgIpc) is 2.59. The van der Waals surface area contributed by atoms with E-state index >= 15 is 0 Å². The Kier molecular flexibility index (Phi) is 10.8. The summed E-state index contributed by atoms with van der Waals surface area (Å²) >= 11 is 0. The number of nitrogens with one attached hydrogen (secondary N) is 2. The van der Waals surface area contributed by atoms with E-state index in [1.165, 1.54) is 5.56 Å². The Morgan fingerprint density at radius 2 is 1.88 bits per heavy atom. The molecule has 136 valence electrons. The van der Waals surface area contributed by atoms with E-state index in [0.29, 0.717) is 18.8 Å². The van der Waals surface area contributed by atoms with Gasteiger partial charge in [-0.1, -0.05) is 19.1 Å². The number of ether oxygens (including phenoxy) is 1. The Balaban J connectivity index is 2.23. The molecule has 0 aliphatic rings. The largest absolute Gasteiger partial charge is 0.484 e. The van der Waals surface area contributed by atoms with E-state index in [1.54, 1.807) is 0 Å². The van der Waals surface area contributed by atoms with Gasteiger partial charge in [0.25, 0.3) is 5.91 Å². The fourth-order valence-corrected chi connectivity index (χ4v) is 2.39. The molecular formula is C18H32N4O2. The summed E-state index contributed by atoms with van der Waals surface area (Å²) in [7, 11) is 1.95. The fraction of sp³-hybridized carbons (Fsp3) is 0.611. The molecule has 0 bridgehead atoms. The normalized spacial score (nSPS) is 10.8. The molecule has 0 aliphatic heterocycles. The Morgan fingerprint density at radius 1 is 1.17 bits per heavy atom. The van der Waals surface area contributed by atoms with Gasteiger partial charge in [-0.05, 0) is 50.7 Å². The lowest BCUT2D eigenvalue weighted by molar-refractivity contribution is -0.123. The maximum absolute atomic E-state index is 11.9. The van der Waals surface area contributed by atoms with Gasteiger partial charge in [-0.2, -0.15) is 0 Å². The first-order valence-corrected chi connectivity index (χ1v) is 8.75. The third kappa shape index (κ3) is 8.86. The van der Waals surface area contributed by atoms with Gasteiger partial charge in [0.15, 0.2) is 6.61 Å². The molecular weight excluding hydrogens is 304 g/mol. The van der Waals surface area contributed by atoms with Crippen molar-refractivity contribution >= 4 is 5.91 Å². The van der Waals surface area contributed by atoms with Crippen molar-refractivity contribution in [3.05, 3.63) is 29.8 Å². The summed E-state index contributed by atoms with van der Waals surface area (Å²) in [5.74, 6) is 0.610. The summed E-state index contributed by atoms with van der Waals surface area (Å²) in [6.07, 6.45) is 1.96. The van der Waals surface area contributed by atoms with Crippen molar-refractivity contribution in [2.45, 2.75) is 19.8 Å². The number of carbonyl (C=O) groups is 1. The van der Waals surface area contributed by atoms with Crippen LogP contribution in [0.15, 0.2) is 24.3 Å². The highest BCUT2D eigenvalue weighted by atomic mass is 16.5. The van der Waals surface area contributed by atoms with Crippen molar-refractivity contribution in [2.75, 3.05) is 52.9 Å². The lowest BCUT2D eigenvalue weighted by atomic mass is 10.1. The molecule has 1 amide bonds. The first-order chi connectivity index (χ1) is 11.7. The summed E-state index contributed by atoms with van der Waals surface area (Å²) in [5, 5.41) is 6.06. The third-order valence-corrected chi connectivity index (χ3v) is 3.69. The highest BCUT2D eigenvalue weighted by Gasteiger charge is 2.06. The zero-order chi connectivity index (χ0) is 17.6. The number of rotatable bonds is 13. The molecule has 0 radical (unpaired) electrons. The lowest BCUT2D eigenvalue weighted by Crippen LogP contribution is -2.39. The molecule has 0 aromatic heterocycles. The highest BCUT2D eigenvalue weighted by molar-refractivity contribution is 5.77. The summed E-state index contributed by atoms with van der Waals surface area (Å²) < 4.78 is 5.50. The minimum atomic E-state index is -0.0916. The quantitative estimate of drug-likeness (QED) is 0.492. The van der Waals surface area contributed by atoms with Gasteiger partial charge in [-0.15, -0.1) is 0 Å². The number of nitrogens with zero attached hydrogens (tertiary/aromatic N) is 1. The topological polar surface area (TPSA) is 79.6 Å². The number of hydrogen-bond acceptors (Lipinski definition) is 5. The third-order valence-electron chi connectivity index (χ3n) is 3.69. The molecule has 1 rings (SSSR count). The van der Waals surface area contributed by atoms with E-state index in [2.05, 4.69) is 22.5 Å². The molecule has 0 heterocycles. The number of likely N-dealkylation sites (N-methyl/N-ethyl adjacent to an activating group) is 1. The van der Waals surface area contributed by atoms with Crippen LogP contribution in [0.5, 0.6) is 5.75 Å². The van der Waals surface area contributed by atoms with Crippen molar-refractivity contribution in [3.63, 3.8) is 0 Å². The summed E-state index contributed by atoms with van der Waals surface area (Å²) in [4.78, 5) is 14.2. The van der Waals surface area contributed by atoms with Gasteiger partial charge in [0, 0.05) is 26.2 Å². The predicted octanol–water partition coefficient (Wildman–Crippen LogP) is 0.614. The number of benzene rings is 1. The summed E-state index contributed by atoms with van der Waals surface area (Å²) in [5.41, 5.74) is 6.69. The smallest absolute Gasteiger partial charge is 0.257 e. The Hall–Kier alpha value is -1.63. The molecule has 6 heteroatoms. The first-order valence-electron chi connectivity index (χ1n) is 8.75. The van der Waals surface area contributed by atoms with Crippen LogP contribution in [0, 0.1) is 0 Å². The van der Waals surface area contributed by atoms with Crippen molar-refractivity contribution in [2.24, 2.45) is 5.73 Å². The zero-order valence-electron chi connectivity index (χ0n) is 15.0. The van der Waals surface area contributed by atoms with E-state index in [-0.39, 0.29) is 12.5 Å². The van der Waals surface area contributed by atoms with Crippen LogP contribution in [0.25, 0.3) is 0 Å². The standard InChI is InChI=1S/C18H32N4O2/c1-3-12-22(13-10-20-2)14-11-21-18(23)15-24-17-6-4-16(5-7-17)8-9-19/h4-7,20H,3,8-15,19H2,1-2H3,(H,21,23). The van der Waals surface area contributed by atoms with Gasteiger partial charge >= 0.3 is 0 Å². The number of carbonyl (C=O) groups excluding carboxylic acids is 1.